The van der Waals surface area contributed by atoms with Crippen LogP contribution in [0, 0.1) is 5.92 Å². The van der Waals surface area contributed by atoms with Gasteiger partial charge in [-0.15, -0.1) is 0 Å². The Balaban J connectivity index is 2.42. The summed E-state index contributed by atoms with van der Waals surface area (Å²) in [6.07, 6.45) is -4.55. The number of benzene rings is 1. The van der Waals surface area contributed by atoms with Crippen molar-refractivity contribution in [1.82, 2.24) is 0 Å². The summed E-state index contributed by atoms with van der Waals surface area (Å²) in [5, 5.41) is 0. The highest BCUT2D eigenvalue weighted by Gasteiger charge is 2.46. The second kappa shape index (κ2) is 4.33. The average Bonchev–Trinajstić information content (AvgIpc) is 2.56. The zero-order valence-corrected chi connectivity index (χ0v) is 9.02. The summed E-state index contributed by atoms with van der Waals surface area (Å²) in [4.78, 5) is 23.8. The van der Waals surface area contributed by atoms with Crippen LogP contribution in [0.1, 0.15) is 20.7 Å². The third-order valence-corrected chi connectivity index (χ3v) is 2.87. The first-order valence-electron chi connectivity index (χ1n) is 5.06. The van der Waals surface area contributed by atoms with Crippen molar-refractivity contribution in [1.29, 1.82) is 0 Å². The van der Waals surface area contributed by atoms with E-state index < -0.39 is 30.0 Å². The van der Waals surface area contributed by atoms with Crippen molar-refractivity contribution in [2.24, 2.45) is 5.92 Å². The van der Waals surface area contributed by atoms with Gasteiger partial charge in [-0.3, -0.25) is 9.59 Å². The van der Waals surface area contributed by atoms with Gasteiger partial charge in [0, 0.05) is 18.2 Å². The van der Waals surface area contributed by atoms with Gasteiger partial charge in [-0.1, -0.05) is 24.3 Å². The zero-order chi connectivity index (χ0) is 12.6. The number of ether oxygens (including phenoxy) is 1. The normalized spacial score (nSPS) is 17.6. The molecule has 1 unspecified atom stereocenters. The van der Waals surface area contributed by atoms with Crippen LogP contribution in [0.5, 0.6) is 0 Å². The van der Waals surface area contributed by atoms with E-state index in [4.69, 9.17) is 0 Å². The molecule has 0 aromatic heterocycles. The first-order chi connectivity index (χ1) is 8.07. The SMILES string of the molecule is COC(C(F)F)C1C(=O)c2ccccc2C1=O. The number of ketones is 2. The summed E-state index contributed by atoms with van der Waals surface area (Å²) in [5.41, 5.74) is 0.399. The van der Waals surface area contributed by atoms with Crippen molar-refractivity contribution in [2.45, 2.75) is 12.5 Å². The number of rotatable bonds is 3. The van der Waals surface area contributed by atoms with Gasteiger partial charge in [0.2, 0.25) is 0 Å². The van der Waals surface area contributed by atoms with Crippen LogP contribution in [0.3, 0.4) is 0 Å². The lowest BCUT2D eigenvalue weighted by Crippen LogP contribution is -2.37. The molecule has 17 heavy (non-hydrogen) atoms. The molecule has 0 saturated carbocycles. The Morgan fingerprint density at radius 3 is 1.94 bits per heavy atom. The molecule has 1 atom stereocenters. The largest absolute Gasteiger partial charge is 0.374 e. The van der Waals surface area contributed by atoms with E-state index in [2.05, 4.69) is 4.74 Å². The minimum Gasteiger partial charge on any atom is -0.374 e. The van der Waals surface area contributed by atoms with Gasteiger partial charge in [0.1, 0.15) is 12.0 Å². The maximum Gasteiger partial charge on any atom is 0.265 e. The summed E-state index contributed by atoms with van der Waals surface area (Å²) >= 11 is 0. The Kier molecular flexibility index (Phi) is 3.02. The van der Waals surface area contributed by atoms with Gasteiger partial charge in [-0.05, 0) is 0 Å². The maximum atomic E-state index is 12.7. The lowest BCUT2D eigenvalue weighted by atomic mass is 9.97. The van der Waals surface area contributed by atoms with Gasteiger partial charge in [0.15, 0.2) is 11.6 Å². The fourth-order valence-electron chi connectivity index (χ4n) is 2.05. The fraction of sp³-hybridized carbons (Fsp3) is 0.333. The number of alkyl halides is 2. The van der Waals surface area contributed by atoms with E-state index in [9.17, 15) is 18.4 Å². The van der Waals surface area contributed by atoms with Gasteiger partial charge < -0.3 is 4.74 Å². The summed E-state index contributed by atoms with van der Waals surface area (Å²) in [6, 6.07) is 6.12. The molecule has 90 valence electrons. The van der Waals surface area contributed by atoms with Gasteiger partial charge in [0.25, 0.3) is 6.43 Å². The van der Waals surface area contributed by atoms with Crippen molar-refractivity contribution in [3.63, 3.8) is 0 Å². The molecule has 0 heterocycles. The molecule has 0 aliphatic heterocycles. The Hall–Kier alpha value is -1.62. The van der Waals surface area contributed by atoms with Gasteiger partial charge >= 0.3 is 0 Å². The molecule has 0 amide bonds. The number of Topliss-reactive ketones (excluding diaryl/α,β-unsaturated/α-hetero) is 2. The van der Waals surface area contributed by atoms with Crippen LogP contribution < -0.4 is 0 Å². The Bertz CT molecular complexity index is 436. The maximum absolute atomic E-state index is 12.7. The number of carbonyl (C=O) groups is 2. The Morgan fingerprint density at radius 1 is 1.12 bits per heavy atom. The predicted octanol–water partition coefficient (Wildman–Crippen LogP) is 1.96. The second-order valence-electron chi connectivity index (χ2n) is 3.79. The minimum atomic E-state index is -2.87. The quantitative estimate of drug-likeness (QED) is 0.758. The number of hydrogen-bond donors (Lipinski definition) is 0. The highest BCUT2D eigenvalue weighted by molar-refractivity contribution is 6.26. The molecule has 2 rings (SSSR count). The lowest BCUT2D eigenvalue weighted by molar-refractivity contribution is -0.0500. The van der Waals surface area contributed by atoms with Crippen molar-refractivity contribution in [3.05, 3.63) is 35.4 Å². The van der Waals surface area contributed by atoms with Crippen LogP contribution in [0.2, 0.25) is 0 Å². The molecule has 0 saturated heterocycles. The van der Waals surface area contributed by atoms with Crippen LogP contribution in [0.15, 0.2) is 24.3 Å². The molecule has 0 N–H and O–H groups in total. The zero-order valence-electron chi connectivity index (χ0n) is 9.02. The fourth-order valence-corrected chi connectivity index (χ4v) is 2.05. The molecule has 1 aliphatic carbocycles. The molecule has 1 aromatic carbocycles. The first-order valence-corrected chi connectivity index (χ1v) is 5.06. The number of halogens is 2. The van der Waals surface area contributed by atoms with E-state index >= 15 is 0 Å². The van der Waals surface area contributed by atoms with E-state index in [0.29, 0.717) is 0 Å². The number of hydrogen-bond acceptors (Lipinski definition) is 3. The van der Waals surface area contributed by atoms with E-state index in [1.54, 1.807) is 12.1 Å². The smallest absolute Gasteiger partial charge is 0.265 e. The molecule has 0 radical (unpaired) electrons. The van der Waals surface area contributed by atoms with Gasteiger partial charge in [-0.2, -0.15) is 0 Å². The van der Waals surface area contributed by atoms with Crippen LogP contribution in [0.25, 0.3) is 0 Å². The van der Waals surface area contributed by atoms with E-state index in [-0.39, 0.29) is 11.1 Å². The Labute approximate surface area is 96.4 Å². The third-order valence-electron chi connectivity index (χ3n) is 2.87. The van der Waals surface area contributed by atoms with Crippen molar-refractivity contribution in [3.8, 4) is 0 Å². The van der Waals surface area contributed by atoms with Gasteiger partial charge in [-0.25, -0.2) is 8.78 Å². The van der Waals surface area contributed by atoms with Crippen LogP contribution in [-0.2, 0) is 4.74 Å². The monoisotopic (exact) mass is 240 g/mol. The van der Waals surface area contributed by atoms with Crippen LogP contribution in [0.4, 0.5) is 8.78 Å². The average molecular weight is 240 g/mol. The number of fused-ring (bicyclic) bond motifs is 1. The van der Waals surface area contributed by atoms with Crippen molar-refractivity contribution >= 4 is 11.6 Å². The first kappa shape index (κ1) is 11.9. The molecule has 0 spiro atoms. The summed E-state index contributed by atoms with van der Waals surface area (Å²) in [5.74, 6) is -2.59. The highest BCUT2D eigenvalue weighted by Crippen LogP contribution is 2.31. The number of carbonyl (C=O) groups excluding carboxylic acids is 2. The van der Waals surface area contributed by atoms with Crippen molar-refractivity contribution in [2.75, 3.05) is 7.11 Å². The summed E-state index contributed by atoms with van der Waals surface area (Å²) in [6.45, 7) is 0. The molecular weight excluding hydrogens is 230 g/mol. The van der Waals surface area contributed by atoms with E-state index in [1.807, 2.05) is 0 Å². The Morgan fingerprint density at radius 2 is 1.59 bits per heavy atom. The lowest BCUT2D eigenvalue weighted by Gasteiger charge is -2.18. The molecule has 0 bridgehead atoms. The summed E-state index contributed by atoms with van der Waals surface area (Å²) < 4.78 is 30.0. The molecule has 1 aromatic rings. The topological polar surface area (TPSA) is 43.4 Å². The van der Waals surface area contributed by atoms with Crippen LogP contribution in [-0.4, -0.2) is 31.2 Å². The third kappa shape index (κ3) is 1.76. The molecule has 5 heteroatoms. The molecule has 3 nitrogen and oxygen atoms in total. The molecule has 1 aliphatic rings. The molecule has 0 fully saturated rings. The minimum absolute atomic E-state index is 0.199. The highest BCUT2D eigenvalue weighted by atomic mass is 19.3. The van der Waals surface area contributed by atoms with Crippen LogP contribution >= 0.6 is 0 Å². The van der Waals surface area contributed by atoms with E-state index in [1.165, 1.54) is 12.1 Å². The second-order valence-corrected chi connectivity index (χ2v) is 3.79. The van der Waals surface area contributed by atoms with Crippen molar-refractivity contribution < 1.29 is 23.1 Å². The van der Waals surface area contributed by atoms with E-state index in [0.717, 1.165) is 7.11 Å². The summed E-state index contributed by atoms with van der Waals surface area (Å²) in [7, 11) is 1.07. The number of methoxy groups -OCH3 is 1. The predicted molar refractivity (Wildman–Crippen MR) is 55.4 cm³/mol. The van der Waals surface area contributed by atoms with Gasteiger partial charge in [0.05, 0.1) is 0 Å². The standard InChI is InChI=1S/C12H10F2O3/c1-17-11(12(13)14)8-9(15)6-4-2-3-5-7(6)10(8)16/h2-5,8,11-12H,1H3. The molecular formula is C12H10F2O3.